The third-order valence-electron chi connectivity index (χ3n) is 2.65. The van der Waals surface area contributed by atoms with Crippen molar-refractivity contribution in [2.45, 2.75) is 33.3 Å². The molecule has 6 heteroatoms. The molecule has 0 saturated carbocycles. The summed E-state index contributed by atoms with van der Waals surface area (Å²) in [6, 6.07) is 7.05. The first kappa shape index (κ1) is 14.9. The lowest BCUT2D eigenvalue weighted by Gasteiger charge is -2.05. The summed E-state index contributed by atoms with van der Waals surface area (Å²) in [4.78, 5) is 27.5. The van der Waals surface area contributed by atoms with Crippen molar-refractivity contribution in [1.82, 2.24) is 10.1 Å². The topological polar surface area (TPSA) is 82.3 Å². The molecule has 1 heterocycles. The number of benzene rings is 1. The van der Waals surface area contributed by atoms with Crippen LogP contribution >= 0.6 is 0 Å². The Balaban J connectivity index is 2.07. The number of nitrogens with zero attached hydrogens (tertiary/aromatic N) is 2. The van der Waals surface area contributed by atoms with E-state index in [-0.39, 0.29) is 30.0 Å². The lowest BCUT2D eigenvalue weighted by molar-refractivity contribution is -0.146. The number of carbonyl (C=O) groups excluding carboxylic acids is 2. The summed E-state index contributed by atoms with van der Waals surface area (Å²) >= 11 is 0. The maximum absolute atomic E-state index is 12.1. The summed E-state index contributed by atoms with van der Waals surface area (Å²) < 4.78 is 9.87. The summed E-state index contributed by atoms with van der Waals surface area (Å²) in [6.45, 7) is 5.43. The van der Waals surface area contributed by atoms with Gasteiger partial charge in [-0.05, 0) is 20.8 Å². The molecule has 0 atom stereocenters. The molecule has 0 N–H and O–H groups in total. The normalized spacial score (nSPS) is 10.7. The van der Waals surface area contributed by atoms with Crippen LogP contribution in [0.2, 0.25) is 0 Å². The first-order valence-corrected chi connectivity index (χ1v) is 6.59. The predicted molar refractivity (Wildman–Crippen MR) is 73.8 cm³/mol. The first-order chi connectivity index (χ1) is 9.95. The second-order valence-corrected chi connectivity index (χ2v) is 4.92. The molecule has 0 saturated heterocycles. The fourth-order valence-electron chi connectivity index (χ4n) is 1.68. The van der Waals surface area contributed by atoms with E-state index in [0.29, 0.717) is 5.56 Å². The maximum Gasteiger partial charge on any atom is 0.315 e. The standard InChI is InChI=1S/C15H16N2O4/c1-9(2)20-13(18)8-12-16-15(17-21-12)14(19)11-6-4-10(3)5-7-11/h4-7,9H,8H2,1-3H3. The molecular weight excluding hydrogens is 272 g/mol. The molecule has 0 amide bonds. The SMILES string of the molecule is Cc1ccc(C(=O)c2noc(CC(=O)OC(C)C)n2)cc1. The Hall–Kier alpha value is -2.50. The van der Waals surface area contributed by atoms with Crippen molar-refractivity contribution in [2.75, 3.05) is 0 Å². The van der Waals surface area contributed by atoms with Crippen molar-refractivity contribution in [2.24, 2.45) is 0 Å². The van der Waals surface area contributed by atoms with Crippen molar-refractivity contribution in [3.8, 4) is 0 Å². The van der Waals surface area contributed by atoms with Crippen LogP contribution in [0.15, 0.2) is 28.8 Å². The highest BCUT2D eigenvalue weighted by Gasteiger charge is 2.19. The zero-order valence-electron chi connectivity index (χ0n) is 12.1. The Morgan fingerprint density at radius 1 is 1.24 bits per heavy atom. The number of esters is 1. The third-order valence-corrected chi connectivity index (χ3v) is 2.65. The van der Waals surface area contributed by atoms with Crippen LogP contribution in [0.25, 0.3) is 0 Å². The number of rotatable bonds is 5. The zero-order chi connectivity index (χ0) is 15.4. The van der Waals surface area contributed by atoms with Gasteiger partial charge in [-0.1, -0.05) is 35.0 Å². The van der Waals surface area contributed by atoms with E-state index < -0.39 is 5.97 Å². The average Bonchev–Trinajstić information content (AvgIpc) is 2.86. The lowest BCUT2D eigenvalue weighted by Crippen LogP contribution is -2.14. The molecule has 0 radical (unpaired) electrons. The minimum Gasteiger partial charge on any atom is -0.463 e. The van der Waals surface area contributed by atoms with E-state index in [0.717, 1.165) is 5.56 Å². The maximum atomic E-state index is 12.1. The van der Waals surface area contributed by atoms with Gasteiger partial charge in [0.15, 0.2) is 0 Å². The van der Waals surface area contributed by atoms with E-state index in [1.165, 1.54) is 0 Å². The number of aromatic nitrogens is 2. The molecule has 6 nitrogen and oxygen atoms in total. The van der Waals surface area contributed by atoms with Crippen LogP contribution in [0, 0.1) is 6.92 Å². The van der Waals surface area contributed by atoms with Gasteiger partial charge in [-0.25, -0.2) is 0 Å². The molecule has 110 valence electrons. The van der Waals surface area contributed by atoms with Gasteiger partial charge in [0.05, 0.1) is 6.10 Å². The minimum atomic E-state index is -0.469. The smallest absolute Gasteiger partial charge is 0.315 e. The van der Waals surface area contributed by atoms with Gasteiger partial charge in [-0.2, -0.15) is 4.98 Å². The van der Waals surface area contributed by atoms with Gasteiger partial charge in [-0.3, -0.25) is 9.59 Å². The Morgan fingerprint density at radius 3 is 2.52 bits per heavy atom. The summed E-state index contributed by atoms with van der Waals surface area (Å²) in [5, 5.41) is 3.60. The average molecular weight is 288 g/mol. The van der Waals surface area contributed by atoms with Crippen molar-refractivity contribution in [3.05, 3.63) is 47.1 Å². The molecule has 1 aromatic carbocycles. The zero-order valence-corrected chi connectivity index (χ0v) is 12.1. The van der Waals surface area contributed by atoms with Crippen LogP contribution in [-0.4, -0.2) is 28.0 Å². The second kappa shape index (κ2) is 6.30. The number of carbonyl (C=O) groups is 2. The van der Waals surface area contributed by atoms with Crippen molar-refractivity contribution in [1.29, 1.82) is 0 Å². The van der Waals surface area contributed by atoms with Gasteiger partial charge >= 0.3 is 5.97 Å². The Bertz CT molecular complexity index is 644. The van der Waals surface area contributed by atoms with E-state index in [2.05, 4.69) is 10.1 Å². The number of hydrogen-bond donors (Lipinski definition) is 0. The highest BCUT2D eigenvalue weighted by atomic mass is 16.5. The monoisotopic (exact) mass is 288 g/mol. The van der Waals surface area contributed by atoms with E-state index in [1.807, 2.05) is 19.1 Å². The van der Waals surface area contributed by atoms with Gasteiger partial charge in [0.2, 0.25) is 17.5 Å². The van der Waals surface area contributed by atoms with Gasteiger partial charge in [-0.15, -0.1) is 0 Å². The van der Waals surface area contributed by atoms with Crippen LogP contribution in [0.3, 0.4) is 0 Å². The number of ketones is 1. The van der Waals surface area contributed by atoms with Crippen LogP contribution in [0.4, 0.5) is 0 Å². The van der Waals surface area contributed by atoms with Gasteiger partial charge < -0.3 is 9.26 Å². The van der Waals surface area contributed by atoms with E-state index in [1.54, 1.807) is 26.0 Å². The summed E-state index contributed by atoms with van der Waals surface area (Å²) in [6.07, 6.45) is -0.360. The molecular formula is C15H16N2O4. The van der Waals surface area contributed by atoms with E-state index >= 15 is 0 Å². The molecule has 1 aromatic heterocycles. The largest absolute Gasteiger partial charge is 0.463 e. The molecule has 0 bridgehead atoms. The van der Waals surface area contributed by atoms with Crippen molar-refractivity contribution in [3.63, 3.8) is 0 Å². The van der Waals surface area contributed by atoms with Gasteiger partial charge in [0.25, 0.3) is 0 Å². The van der Waals surface area contributed by atoms with Gasteiger partial charge in [0, 0.05) is 5.56 Å². The molecule has 21 heavy (non-hydrogen) atoms. The number of aryl methyl sites for hydroxylation is 1. The molecule has 0 fully saturated rings. The van der Waals surface area contributed by atoms with Crippen LogP contribution in [-0.2, 0) is 16.0 Å². The van der Waals surface area contributed by atoms with Crippen LogP contribution in [0.5, 0.6) is 0 Å². The van der Waals surface area contributed by atoms with E-state index in [9.17, 15) is 9.59 Å². The Morgan fingerprint density at radius 2 is 1.90 bits per heavy atom. The quantitative estimate of drug-likeness (QED) is 0.619. The molecule has 0 spiro atoms. The summed E-state index contributed by atoms with van der Waals surface area (Å²) in [7, 11) is 0. The number of ether oxygens (including phenoxy) is 1. The minimum absolute atomic E-state index is 0.0637. The predicted octanol–water partition coefficient (Wildman–Crippen LogP) is 2.10. The summed E-state index contributed by atoms with van der Waals surface area (Å²) in [5.41, 5.74) is 1.52. The Kier molecular flexibility index (Phi) is 4.47. The first-order valence-electron chi connectivity index (χ1n) is 6.59. The van der Waals surface area contributed by atoms with Gasteiger partial charge in [0.1, 0.15) is 6.42 Å². The molecule has 2 aromatic rings. The molecule has 0 aliphatic heterocycles. The van der Waals surface area contributed by atoms with Crippen LogP contribution < -0.4 is 0 Å². The fraction of sp³-hybridized carbons (Fsp3) is 0.333. The second-order valence-electron chi connectivity index (χ2n) is 4.92. The lowest BCUT2D eigenvalue weighted by atomic mass is 10.1. The molecule has 0 aliphatic rings. The van der Waals surface area contributed by atoms with Crippen molar-refractivity contribution >= 4 is 11.8 Å². The number of hydrogen-bond acceptors (Lipinski definition) is 6. The van der Waals surface area contributed by atoms with Crippen LogP contribution in [0.1, 0.15) is 41.5 Å². The highest BCUT2D eigenvalue weighted by molar-refractivity contribution is 6.06. The third kappa shape index (κ3) is 3.98. The summed E-state index contributed by atoms with van der Waals surface area (Å²) in [5.74, 6) is -0.812. The van der Waals surface area contributed by atoms with E-state index in [4.69, 9.17) is 9.26 Å². The molecule has 2 rings (SSSR count). The van der Waals surface area contributed by atoms with Crippen molar-refractivity contribution < 1.29 is 18.8 Å². The molecule has 0 unspecified atom stereocenters. The fourth-order valence-corrected chi connectivity index (χ4v) is 1.68. The highest BCUT2D eigenvalue weighted by Crippen LogP contribution is 2.09. The molecule has 0 aliphatic carbocycles. The Labute approximate surface area is 122 Å².